The summed E-state index contributed by atoms with van der Waals surface area (Å²) in [4.78, 5) is 28.5. The molecule has 1 aromatic carbocycles. The van der Waals surface area contributed by atoms with Gasteiger partial charge in [0.15, 0.2) is 0 Å². The Morgan fingerprint density at radius 3 is 2.57 bits per heavy atom. The highest BCUT2D eigenvalue weighted by Gasteiger charge is 2.30. The molecule has 1 saturated heterocycles. The van der Waals surface area contributed by atoms with Gasteiger partial charge < -0.3 is 19.6 Å². The maximum absolute atomic E-state index is 12.7. The number of carbonyl (C=O) groups is 2. The van der Waals surface area contributed by atoms with E-state index in [1.165, 1.54) is 0 Å². The largest absolute Gasteiger partial charge is 0.351 e. The van der Waals surface area contributed by atoms with Crippen LogP contribution in [0.2, 0.25) is 10.0 Å². The second-order valence-electron chi connectivity index (χ2n) is 7.08. The summed E-state index contributed by atoms with van der Waals surface area (Å²) in [5.41, 5.74) is 2.70. The normalized spacial score (nSPS) is 18.9. The fourth-order valence-electron chi connectivity index (χ4n) is 3.76. The molecule has 2 aromatic rings. The summed E-state index contributed by atoms with van der Waals surface area (Å²) in [5.74, 6) is 0.0328. The predicted octanol–water partition coefficient (Wildman–Crippen LogP) is 3.44. The summed E-state index contributed by atoms with van der Waals surface area (Å²) >= 11 is 12.4. The van der Waals surface area contributed by atoms with Gasteiger partial charge in [-0.15, -0.1) is 0 Å². The maximum atomic E-state index is 12.7. The minimum absolute atomic E-state index is 0.0749. The van der Waals surface area contributed by atoms with Crippen LogP contribution < -0.4 is 5.32 Å². The zero-order chi connectivity index (χ0) is 19.8. The van der Waals surface area contributed by atoms with Crippen molar-refractivity contribution in [2.45, 2.75) is 25.8 Å². The summed E-state index contributed by atoms with van der Waals surface area (Å²) in [6.07, 6.45) is 1.59. The van der Waals surface area contributed by atoms with Crippen LogP contribution in [0.4, 0.5) is 4.79 Å². The molecular formula is C19H20Cl2N4O3. The Kier molecular flexibility index (Phi) is 5.21. The first-order valence-electron chi connectivity index (χ1n) is 9.19. The van der Waals surface area contributed by atoms with Crippen molar-refractivity contribution in [1.29, 1.82) is 0 Å². The Balaban J connectivity index is 1.34. The van der Waals surface area contributed by atoms with Gasteiger partial charge in [0.1, 0.15) is 0 Å². The standard InChI is InChI=1S/C19H20Cl2N4O3/c1-11-10-16(28-23-11)18(26)24-6-8-25(9-7-24)19(27)22-15-5-3-13-12(15)2-4-14(20)17(13)21/h2,4,10,15H,3,5-9H2,1H3,(H,22,27). The van der Waals surface area contributed by atoms with Crippen molar-refractivity contribution < 1.29 is 14.1 Å². The Morgan fingerprint density at radius 2 is 1.89 bits per heavy atom. The molecule has 1 N–H and O–H groups in total. The van der Waals surface area contributed by atoms with Crippen molar-refractivity contribution in [3.63, 3.8) is 0 Å². The van der Waals surface area contributed by atoms with Crippen molar-refractivity contribution in [3.8, 4) is 0 Å². The van der Waals surface area contributed by atoms with E-state index in [9.17, 15) is 9.59 Å². The maximum Gasteiger partial charge on any atom is 0.318 e. The van der Waals surface area contributed by atoms with Gasteiger partial charge in [-0.05, 0) is 37.0 Å². The summed E-state index contributed by atoms with van der Waals surface area (Å²) in [6, 6.07) is 5.11. The topological polar surface area (TPSA) is 78.7 Å². The lowest BCUT2D eigenvalue weighted by atomic mass is 10.1. The quantitative estimate of drug-likeness (QED) is 0.803. The SMILES string of the molecule is Cc1cc(C(=O)N2CCN(C(=O)NC3CCc4c3ccc(Cl)c4Cl)CC2)on1. The number of aryl methyl sites for hydroxylation is 1. The van der Waals surface area contributed by atoms with Crippen LogP contribution in [0.3, 0.4) is 0 Å². The van der Waals surface area contributed by atoms with Crippen LogP contribution in [0, 0.1) is 6.92 Å². The van der Waals surface area contributed by atoms with Crippen LogP contribution in [0.25, 0.3) is 0 Å². The van der Waals surface area contributed by atoms with Gasteiger partial charge in [0.05, 0.1) is 21.8 Å². The summed E-state index contributed by atoms with van der Waals surface area (Å²) in [5, 5.41) is 7.94. The molecule has 2 heterocycles. The molecule has 1 aliphatic heterocycles. The second kappa shape index (κ2) is 7.64. The third kappa shape index (κ3) is 3.56. The number of fused-ring (bicyclic) bond motifs is 1. The molecule has 1 aromatic heterocycles. The number of urea groups is 1. The summed E-state index contributed by atoms with van der Waals surface area (Å²) in [7, 11) is 0. The average Bonchev–Trinajstić information content (AvgIpc) is 3.31. The molecule has 0 spiro atoms. The molecule has 0 saturated carbocycles. The smallest absolute Gasteiger partial charge is 0.318 e. The lowest BCUT2D eigenvalue weighted by Crippen LogP contribution is -2.53. The number of amides is 3. The van der Waals surface area contributed by atoms with Crippen LogP contribution in [0.5, 0.6) is 0 Å². The zero-order valence-electron chi connectivity index (χ0n) is 15.4. The molecule has 1 fully saturated rings. The number of halogens is 2. The molecule has 148 valence electrons. The Bertz CT molecular complexity index is 922. The van der Waals surface area contributed by atoms with Gasteiger partial charge in [-0.2, -0.15) is 0 Å². The van der Waals surface area contributed by atoms with E-state index in [1.807, 2.05) is 6.07 Å². The highest BCUT2D eigenvalue weighted by molar-refractivity contribution is 6.42. The van der Waals surface area contributed by atoms with Gasteiger partial charge in [0, 0.05) is 32.2 Å². The first-order valence-corrected chi connectivity index (χ1v) is 9.94. The van der Waals surface area contributed by atoms with Crippen LogP contribution in [0.15, 0.2) is 22.7 Å². The number of piperazine rings is 1. The molecule has 1 aliphatic carbocycles. The molecule has 9 heteroatoms. The van der Waals surface area contributed by atoms with Gasteiger partial charge in [-0.25, -0.2) is 4.79 Å². The van der Waals surface area contributed by atoms with Gasteiger partial charge in [-0.3, -0.25) is 4.79 Å². The number of nitrogens with one attached hydrogen (secondary N) is 1. The third-order valence-corrected chi connectivity index (χ3v) is 6.12. The van der Waals surface area contributed by atoms with Crippen molar-refractivity contribution in [1.82, 2.24) is 20.3 Å². The van der Waals surface area contributed by atoms with Gasteiger partial charge in [0.25, 0.3) is 5.91 Å². The van der Waals surface area contributed by atoms with Crippen molar-refractivity contribution in [2.75, 3.05) is 26.2 Å². The number of carbonyl (C=O) groups excluding carboxylic acids is 2. The first kappa shape index (κ1) is 19.1. The third-order valence-electron chi connectivity index (χ3n) is 5.28. The monoisotopic (exact) mass is 422 g/mol. The van der Waals surface area contributed by atoms with E-state index in [1.54, 1.807) is 28.9 Å². The van der Waals surface area contributed by atoms with Crippen molar-refractivity contribution >= 4 is 35.1 Å². The highest BCUT2D eigenvalue weighted by Crippen LogP contribution is 2.39. The fraction of sp³-hybridized carbons (Fsp3) is 0.421. The lowest BCUT2D eigenvalue weighted by molar-refractivity contribution is 0.0623. The number of benzene rings is 1. The fourth-order valence-corrected chi connectivity index (χ4v) is 4.20. The Morgan fingerprint density at radius 1 is 1.18 bits per heavy atom. The van der Waals surface area contributed by atoms with Gasteiger partial charge in [-0.1, -0.05) is 34.4 Å². The number of hydrogen-bond acceptors (Lipinski definition) is 4. The molecule has 3 amide bonds. The highest BCUT2D eigenvalue weighted by atomic mass is 35.5. The van der Waals surface area contributed by atoms with Crippen molar-refractivity contribution in [3.05, 3.63) is 50.8 Å². The van der Waals surface area contributed by atoms with Crippen LogP contribution in [-0.2, 0) is 6.42 Å². The van der Waals surface area contributed by atoms with E-state index in [0.29, 0.717) is 41.9 Å². The molecule has 1 atom stereocenters. The number of rotatable bonds is 2. The van der Waals surface area contributed by atoms with Crippen LogP contribution >= 0.6 is 23.2 Å². The predicted molar refractivity (Wildman–Crippen MR) is 105 cm³/mol. The first-order chi connectivity index (χ1) is 13.4. The molecule has 2 aliphatic rings. The Labute approximate surface area is 172 Å². The van der Waals surface area contributed by atoms with Crippen molar-refractivity contribution in [2.24, 2.45) is 0 Å². The Hall–Kier alpha value is -2.25. The molecular weight excluding hydrogens is 403 g/mol. The van der Waals surface area contributed by atoms with E-state index in [4.69, 9.17) is 27.7 Å². The van der Waals surface area contributed by atoms with E-state index < -0.39 is 0 Å². The summed E-state index contributed by atoms with van der Waals surface area (Å²) in [6.45, 7) is 3.60. The van der Waals surface area contributed by atoms with E-state index in [0.717, 1.165) is 24.0 Å². The van der Waals surface area contributed by atoms with Gasteiger partial charge >= 0.3 is 6.03 Å². The molecule has 4 rings (SSSR count). The molecule has 28 heavy (non-hydrogen) atoms. The minimum Gasteiger partial charge on any atom is -0.351 e. The zero-order valence-corrected chi connectivity index (χ0v) is 16.9. The van der Waals surface area contributed by atoms with Crippen LogP contribution in [0.1, 0.15) is 39.8 Å². The van der Waals surface area contributed by atoms with E-state index in [-0.39, 0.29) is 23.7 Å². The van der Waals surface area contributed by atoms with Crippen LogP contribution in [-0.4, -0.2) is 53.1 Å². The van der Waals surface area contributed by atoms with E-state index >= 15 is 0 Å². The molecule has 0 bridgehead atoms. The number of hydrogen-bond donors (Lipinski definition) is 1. The molecule has 7 nitrogen and oxygen atoms in total. The number of aromatic nitrogens is 1. The lowest BCUT2D eigenvalue weighted by Gasteiger charge is -2.34. The van der Waals surface area contributed by atoms with Gasteiger partial charge in [0.2, 0.25) is 5.76 Å². The molecule has 0 radical (unpaired) electrons. The minimum atomic E-state index is -0.197. The second-order valence-corrected chi connectivity index (χ2v) is 7.87. The summed E-state index contributed by atoms with van der Waals surface area (Å²) < 4.78 is 5.04. The number of nitrogens with zero attached hydrogens (tertiary/aromatic N) is 3. The molecule has 1 unspecified atom stereocenters. The van der Waals surface area contributed by atoms with E-state index in [2.05, 4.69) is 10.5 Å². The average molecular weight is 423 g/mol.